The molecule has 1 saturated heterocycles. The number of hydrogen-bond acceptors (Lipinski definition) is 2. The molecule has 0 radical (unpaired) electrons. The molecule has 0 N–H and O–H groups in total. The molecule has 88 valence electrons. The lowest BCUT2D eigenvalue weighted by Gasteiger charge is -2.33. The monoisotopic (exact) mass is 238 g/mol. The third kappa shape index (κ3) is 2.88. The highest BCUT2D eigenvalue weighted by Crippen LogP contribution is 2.23. The summed E-state index contributed by atoms with van der Waals surface area (Å²) >= 11 is 5.82. The zero-order chi connectivity index (χ0) is 11.4. The van der Waals surface area contributed by atoms with Crippen LogP contribution < -0.4 is 4.90 Å². The SMILES string of the molecule is Cc1ccc(N2CCCC(CCCl)C2)nc1. The van der Waals surface area contributed by atoms with E-state index < -0.39 is 0 Å². The van der Waals surface area contributed by atoms with Crippen molar-refractivity contribution in [2.45, 2.75) is 26.2 Å². The van der Waals surface area contributed by atoms with E-state index in [1.54, 1.807) is 0 Å². The van der Waals surface area contributed by atoms with Crippen LogP contribution in [-0.4, -0.2) is 24.0 Å². The van der Waals surface area contributed by atoms with E-state index in [0.717, 1.165) is 37.1 Å². The number of rotatable bonds is 3. The van der Waals surface area contributed by atoms with Crippen LogP contribution in [0.2, 0.25) is 0 Å². The predicted molar refractivity (Wildman–Crippen MR) is 69.2 cm³/mol. The zero-order valence-electron chi connectivity index (χ0n) is 9.82. The van der Waals surface area contributed by atoms with E-state index in [2.05, 4.69) is 28.9 Å². The maximum atomic E-state index is 5.82. The predicted octanol–water partition coefficient (Wildman–Crippen LogP) is 3.24. The molecule has 1 aromatic heterocycles. The van der Waals surface area contributed by atoms with Crippen LogP contribution in [0, 0.1) is 12.8 Å². The molecule has 2 rings (SSSR count). The number of alkyl halides is 1. The maximum absolute atomic E-state index is 5.82. The van der Waals surface area contributed by atoms with Crippen LogP contribution in [0.25, 0.3) is 0 Å². The van der Waals surface area contributed by atoms with Gasteiger partial charge >= 0.3 is 0 Å². The molecular weight excluding hydrogens is 220 g/mol. The molecular formula is C13H19ClN2. The summed E-state index contributed by atoms with van der Waals surface area (Å²) in [7, 11) is 0. The van der Waals surface area contributed by atoms with Crippen molar-refractivity contribution in [2.24, 2.45) is 5.92 Å². The number of aromatic nitrogens is 1. The van der Waals surface area contributed by atoms with Crippen molar-refractivity contribution in [3.05, 3.63) is 23.9 Å². The van der Waals surface area contributed by atoms with Crippen molar-refractivity contribution in [1.82, 2.24) is 4.98 Å². The zero-order valence-corrected chi connectivity index (χ0v) is 10.6. The van der Waals surface area contributed by atoms with Gasteiger partial charge in [-0.25, -0.2) is 4.98 Å². The lowest BCUT2D eigenvalue weighted by atomic mass is 9.95. The lowest BCUT2D eigenvalue weighted by molar-refractivity contribution is 0.404. The van der Waals surface area contributed by atoms with Crippen molar-refractivity contribution >= 4 is 17.4 Å². The Balaban J connectivity index is 2.01. The van der Waals surface area contributed by atoms with Gasteiger partial charge in [0.05, 0.1) is 0 Å². The largest absolute Gasteiger partial charge is 0.356 e. The fourth-order valence-electron chi connectivity index (χ4n) is 2.31. The van der Waals surface area contributed by atoms with Crippen LogP contribution in [0.15, 0.2) is 18.3 Å². The summed E-state index contributed by atoms with van der Waals surface area (Å²) in [6, 6.07) is 4.26. The Morgan fingerprint density at radius 1 is 1.50 bits per heavy atom. The minimum absolute atomic E-state index is 0.745. The quantitative estimate of drug-likeness (QED) is 0.752. The molecule has 1 aromatic rings. The van der Waals surface area contributed by atoms with Crippen LogP contribution in [-0.2, 0) is 0 Å². The molecule has 0 aliphatic carbocycles. The lowest BCUT2D eigenvalue weighted by Crippen LogP contribution is -2.36. The topological polar surface area (TPSA) is 16.1 Å². The molecule has 1 fully saturated rings. The fourth-order valence-corrected chi connectivity index (χ4v) is 2.62. The number of pyridine rings is 1. The average molecular weight is 239 g/mol. The first-order chi connectivity index (χ1) is 7.79. The maximum Gasteiger partial charge on any atom is 0.128 e. The highest BCUT2D eigenvalue weighted by atomic mass is 35.5. The van der Waals surface area contributed by atoms with Gasteiger partial charge < -0.3 is 4.90 Å². The van der Waals surface area contributed by atoms with E-state index in [9.17, 15) is 0 Å². The Kier molecular flexibility index (Phi) is 4.05. The molecule has 0 bridgehead atoms. The second-order valence-electron chi connectivity index (χ2n) is 4.63. The highest BCUT2D eigenvalue weighted by molar-refractivity contribution is 6.17. The summed E-state index contributed by atoms with van der Waals surface area (Å²) in [5, 5.41) is 0. The molecule has 0 aromatic carbocycles. The second-order valence-corrected chi connectivity index (χ2v) is 5.00. The van der Waals surface area contributed by atoms with Crippen molar-refractivity contribution < 1.29 is 0 Å². The van der Waals surface area contributed by atoms with Crippen molar-refractivity contribution in [1.29, 1.82) is 0 Å². The summed E-state index contributed by atoms with van der Waals surface area (Å²) < 4.78 is 0. The Morgan fingerprint density at radius 3 is 3.06 bits per heavy atom. The highest BCUT2D eigenvalue weighted by Gasteiger charge is 2.20. The van der Waals surface area contributed by atoms with Gasteiger partial charge in [0.1, 0.15) is 5.82 Å². The number of halogens is 1. The molecule has 2 nitrogen and oxygen atoms in total. The van der Waals surface area contributed by atoms with Gasteiger partial charge in [-0.3, -0.25) is 0 Å². The van der Waals surface area contributed by atoms with Crippen LogP contribution in [0.3, 0.4) is 0 Å². The Hall–Kier alpha value is -0.760. The first kappa shape index (κ1) is 11.7. The van der Waals surface area contributed by atoms with Crippen LogP contribution in [0.4, 0.5) is 5.82 Å². The molecule has 2 heterocycles. The van der Waals surface area contributed by atoms with Gasteiger partial charge in [0.25, 0.3) is 0 Å². The standard InChI is InChI=1S/C13H19ClN2/c1-11-4-5-13(15-9-11)16-8-2-3-12(10-16)6-7-14/h4-5,9,12H,2-3,6-8,10H2,1H3. The van der Waals surface area contributed by atoms with E-state index in [-0.39, 0.29) is 0 Å². The van der Waals surface area contributed by atoms with Gasteiger partial charge in [0.15, 0.2) is 0 Å². The first-order valence-corrected chi connectivity index (χ1v) is 6.56. The molecule has 16 heavy (non-hydrogen) atoms. The molecule has 1 aliphatic heterocycles. The summed E-state index contributed by atoms with van der Waals surface area (Å²) in [4.78, 5) is 6.88. The minimum atomic E-state index is 0.745. The number of hydrogen-bond donors (Lipinski definition) is 0. The number of piperidine rings is 1. The van der Waals surface area contributed by atoms with Gasteiger partial charge in [-0.2, -0.15) is 0 Å². The van der Waals surface area contributed by atoms with Gasteiger partial charge in [-0.05, 0) is 43.7 Å². The fraction of sp³-hybridized carbons (Fsp3) is 0.615. The average Bonchev–Trinajstić information content (AvgIpc) is 2.31. The van der Waals surface area contributed by atoms with E-state index >= 15 is 0 Å². The van der Waals surface area contributed by atoms with Crippen molar-refractivity contribution in [2.75, 3.05) is 23.9 Å². The third-order valence-electron chi connectivity index (χ3n) is 3.26. The van der Waals surface area contributed by atoms with Gasteiger partial charge in [-0.1, -0.05) is 6.07 Å². The van der Waals surface area contributed by atoms with Gasteiger partial charge in [0, 0.05) is 25.2 Å². The third-order valence-corrected chi connectivity index (χ3v) is 3.47. The van der Waals surface area contributed by atoms with E-state index in [4.69, 9.17) is 11.6 Å². The molecule has 1 unspecified atom stereocenters. The molecule has 0 saturated carbocycles. The van der Waals surface area contributed by atoms with Crippen molar-refractivity contribution in [3.63, 3.8) is 0 Å². The van der Waals surface area contributed by atoms with Crippen LogP contribution in [0.5, 0.6) is 0 Å². The van der Waals surface area contributed by atoms with Gasteiger partial charge in [-0.15, -0.1) is 11.6 Å². The van der Waals surface area contributed by atoms with Crippen molar-refractivity contribution in [3.8, 4) is 0 Å². The summed E-state index contributed by atoms with van der Waals surface area (Å²) in [5.74, 6) is 2.64. The minimum Gasteiger partial charge on any atom is -0.356 e. The first-order valence-electron chi connectivity index (χ1n) is 6.03. The molecule has 3 heteroatoms. The Bertz CT molecular complexity index is 321. The van der Waals surface area contributed by atoms with E-state index in [1.165, 1.54) is 18.4 Å². The normalized spacial score (nSPS) is 21.1. The summed E-state index contributed by atoms with van der Waals surface area (Å²) in [5.41, 5.74) is 1.22. The number of anilines is 1. The molecule has 0 spiro atoms. The number of aryl methyl sites for hydroxylation is 1. The molecule has 1 aliphatic rings. The Morgan fingerprint density at radius 2 is 2.38 bits per heavy atom. The number of nitrogens with zero attached hydrogens (tertiary/aromatic N) is 2. The van der Waals surface area contributed by atoms with Crippen LogP contribution in [0.1, 0.15) is 24.8 Å². The summed E-state index contributed by atoms with van der Waals surface area (Å²) in [6.07, 6.45) is 5.65. The Labute approximate surface area is 103 Å². The second kappa shape index (κ2) is 5.53. The van der Waals surface area contributed by atoms with E-state index in [0.29, 0.717) is 0 Å². The summed E-state index contributed by atoms with van der Waals surface area (Å²) in [6.45, 7) is 4.32. The van der Waals surface area contributed by atoms with Gasteiger partial charge in [0.2, 0.25) is 0 Å². The molecule has 1 atom stereocenters. The molecule has 0 amide bonds. The van der Waals surface area contributed by atoms with Crippen LogP contribution >= 0.6 is 11.6 Å². The smallest absolute Gasteiger partial charge is 0.128 e. The van der Waals surface area contributed by atoms with E-state index in [1.807, 2.05) is 6.20 Å².